The lowest BCUT2D eigenvalue weighted by Gasteiger charge is -2.17. The first-order chi connectivity index (χ1) is 13.0. The van der Waals surface area contributed by atoms with Gasteiger partial charge in [-0.15, -0.1) is 0 Å². The van der Waals surface area contributed by atoms with Gasteiger partial charge >= 0.3 is 6.03 Å². The second-order valence-electron chi connectivity index (χ2n) is 5.80. The summed E-state index contributed by atoms with van der Waals surface area (Å²) < 4.78 is 0. The van der Waals surface area contributed by atoms with E-state index < -0.39 is 6.03 Å². The van der Waals surface area contributed by atoms with Gasteiger partial charge in [0.25, 0.3) is 0 Å². The van der Waals surface area contributed by atoms with Crippen LogP contribution in [0, 0.1) is 0 Å². The summed E-state index contributed by atoms with van der Waals surface area (Å²) in [5.74, 6) is -0.772. The first-order valence-corrected chi connectivity index (χ1v) is 8.67. The highest BCUT2D eigenvalue weighted by Crippen LogP contribution is 2.20. The molecule has 0 atom stereocenters. The predicted molar refractivity (Wildman–Crippen MR) is 104 cm³/mol. The lowest BCUT2D eigenvalue weighted by Crippen LogP contribution is -2.44. The van der Waals surface area contributed by atoms with E-state index in [0.29, 0.717) is 17.3 Å². The first kappa shape index (κ1) is 20.3. The van der Waals surface area contributed by atoms with Crippen LogP contribution in [0.15, 0.2) is 54.6 Å². The number of para-hydroxylation sites is 1. The zero-order valence-corrected chi connectivity index (χ0v) is 15.6. The van der Waals surface area contributed by atoms with Crippen molar-refractivity contribution in [1.29, 1.82) is 0 Å². The van der Waals surface area contributed by atoms with Crippen molar-refractivity contribution in [2.75, 3.05) is 25.5 Å². The fourth-order valence-electron chi connectivity index (χ4n) is 2.19. The number of carbonyl (C=O) groups is 3. The Hall–Kier alpha value is -3.06. The predicted octanol–water partition coefficient (Wildman–Crippen LogP) is 2.24. The van der Waals surface area contributed by atoms with Crippen LogP contribution in [0.5, 0.6) is 0 Å². The lowest BCUT2D eigenvalue weighted by atomic mass is 10.2. The Kier molecular flexibility index (Phi) is 7.63. The van der Waals surface area contributed by atoms with Gasteiger partial charge in [0, 0.05) is 13.6 Å². The molecule has 0 saturated heterocycles. The molecule has 3 N–H and O–H groups in total. The third kappa shape index (κ3) is 6.99. The summed E-state index contributed by atoms with van der Waals surface area (Å²) in [5.41, 5.74) is 1.43. The van der Waals surface area contributed by atoms with Crippen LogP contribution in [0.3, 0.4) is 0 Å². The van der Waals surface area contributed by atoms with Crippen LogP contribution in [0.2, 0.25) is 5.02 Å². The SMILES string of the molecule is CN(CC(=O)Nc1ccccc1Cl)C(=O)CNC(=O)NCc1ccccc1. The zero-order valence-electron chi connectivity index (χ0n) is 14.9. The molecule has 8 heteroatoms. The van der Waals surface area contributed by atoms with Gasteiger partial charge in [-0.2, -0.15) is 0 Å². The Morgan fingerprint density at radius 3 is 2.33 bits per heavy atom. The molecule has 2 aromatic carbocycles. The molecule has 27 heavy (non-hydrogen) atoms. The number of nitrogens with zero attached hydrogens (tertiary/aromatic N) is 1. The van der Waals surface area contributed by atoms with Crippen molar-refractivity contribution in [3.63, 3.8) is 0 Å². The standard InChI is InChI=1S/C19H21ClN4O3/c1-24(13-17(25)23-16-10-6-5-9-15(16)20)18(26)12-22-19(27)21-11-14-7-3-2-4-8-14/h2-10H,11-13H2,1H3,(H,23,25)(H2,21,22,27). The van der Waals surface area contributed by atoms with Crippen LogP contribution in [-0.4, -0.2) is 42.9 Å². The third-order valence-corrected chi connectivity index (χ3v) is 3.98. The molecule has 0 radical (unpaired) electrons. The highest BCUT2D eigenvalue weighted by Gasteiger charge is 2.14. The van der Waals surface area contributed by atoms with Gasteiger partial charge in [0.1, 0.15) is 0 Å². The second-order valence-corrected chi connectivity index (χ2v) is 6.21. The molecule has 4 amide bonds. The zero-order chi connectivity index (χ0) is 19.6. The van der Waals surface area contributed by atoms with Crippen molar-refractivity contribution in [3.05, 3.63) is 65.2 Å². The molecule has 142 valence electrons. The number of hydrogen-bond donors (Lipinski definition) is 3. The summed E-state index contributed by atoms with van der Waals surface area (Å²) in [6.07, 6.45) is 0. The maximum Gasteiger partial charge on any atom is 0.315 e. The van der Waals surface area contributed by atoms with Crippen molar-refractivity contribution in [1.82, 2.24) is 15.5 Å². The van der Waals surface area contributed by atoms with Crippen molar-refractivity contribution >= 4 is 35.1 Å². The number of amides is 4. The van der Waals surface area contributed by atoms with Crippen LogP contribution in [-0.2, 0) is 16.1 Å². The third-order valence-electron chi connectivity index (χ3n) is 3.65. The largest absolute Gasteiger partial charge is 0.335 e. The second kappa shape index (κ2) is 10.2. The molecule has 0 aliphatic heterocycles. The quantitative estimate of drug-likeness (QED) is 0.679. The number of halogens is 1. The average molecular weight is 389 g/mol. The Bertz CT molecular complexity index is 799. The van der Waals surface area contributed by atoms with Gasteiger partial charge < -0.3 is 20.9 Å². The molecule has 0 aromatic heterocycles. The van der Waals surface area contributed by atoms with Crippen LogP contribution in [0.1, 0.15) is 5.56 Å². The molecule has 0 aliphatic carbocycles. The van der Waals surface area contributed by atoms with Crippen molar-refractivity contribution in [2.45, 2.75) is 6.54 Å². The maximum absolute atomic E-state index is 12.1. The number of rotatable bonds is 7. The molecule has 0 saturated carbocycles. The van der Waals surface area contributed by atoms with Gasteiger partial charge in [0.15, 0.2) is 0 Å². The summed E-state index contributed by atoms with van der Waals surface area (Å²) in [6.45, 7) is -0.00912. The summed E-state index contributed by atoms with van der Waals surface area (Å²) in [4.78, 5) is 37.1. The van der Waals surface area contributed by atoms with Gasteiger partial charge in [-0.1, -0.05) is 54.1 Å². The molecule has 0 aliphatic rings. The lowest BCUT2D eigenvalue weighted by molar-refractivity contribution is -0.132. The van der Waals surface area contributed by atoms with Crippen LogP contribution in [0.4, 0.5) is 10.5 Å². The molecule has 0 unspecified atom stereocenters. The van der Waals surface area contributed by atoms with Crippen LogP contribution in [0.25, 0.3) is 0 Å². The number of anilines is 1. The number of likely N-dealkylation sites (N-methyl/N-ethyl adjacent to an activating group) is 1. The van der Waals surface area contributed by atoms with E-state index in [1.54, 1.807) is 24.3 Å². The van der Waals surface area contributed by atoms with E-state index in [4.69, 9.17) is 11.6 Å². The highest BCUT2D eigenvalue weighted by molar-refractivity contribution is 6.33. The molecule has 0 fully saturated rings. The summed E-state index contributed by atoms with van der Waals surface area (Å²) >= 11 is 5.98. The highest BCUT2D eigenvalue weighted by atomic mass is 35.5. The van der Waals surface area contributed by atoms with E-state index in [0.717, 1.165) is 5.56 Å². The van der Waals surface area contributed by atoms with Gasteiger partial charge in [-0.05, 0) is 17.7 Å². The Morgan fingerprint density at radius 2 is 1.63 bits per heavy atom. The van der Waals surface area contributed by atoms with E-state index in [9.17, 15) is 14.4 Å². The number of benzene rings is 2. The fourth-order valence-corrected chi connectivity index (χ4v) is 2.37. The Morgan fingerprint density at radius 1 is 0.963 bits per heavy atom. The Balaban J connectivity index is 1.70. The van der Waals surface area contributed by atoms with Gasteiger partial charge in [0.2, 0.25) is 11.8 Å². The minimum absolute atomic E-state index is 0.155. The molecule has 0 heterocycles. The Labute approximate surface area is 162 Å². The van der Waals surface area contributed by atoms with E-state index in [1.807, 2.05) is 30.3 Å². The van der Waals surface area contributed by atoms with Crippen molar-refractivity contribution < 1.29 is 14.4 Å². The van der Waals surface area contributed by atoms with Crippen LogP contribution >= 0.6 is 11.6 Å². The number of urea groups is 1. The van der Waals surface area contributed by atoms with Crippen molar-refractivity contribution in [2.24, 2.45) is 0 Å². The fraction of sp³-hybridized carbons (Fsp3) is 0.211. The van der Waals surface area contributed by atoms with E-state index in [1.165, 1.54) is 11.9 Å². The number of carbonyl (C=O) groups excluding carboxylic acids is 3. The summed E-state index contributed by atoms with van der Waals surface area (Å²) in [5, 5.41) is 8.18. The van der Waals surface area contributed by atoms with Gasteiger partial charge in [0.05, 0.1) is 23.8 Å². The van der Waals surface area contributed by atoms with Crippen molar-refractivity contribution in [3.8, 4) is 0 Å². The van der Waals surface area contributed by atoms with Gasteiger partial charge in [-0.25, -0.2) is 4.79 Å². The number of nitrogens with one attached hydrogen (secondary N) is 3. The monoisotopic (exact) mass is 388 g/mol. The summed E-state index contributed by atoms with van der Waals surface area (Å²) in [6, 6.07) is 15.8. The maximum atomic E-state index is 12.1. The molecular weight excluding hydrogens is 368 g/mol. The average Bonchev–Trinajstić information content (AvgIpc) is 2.67. The number of hydrogen-bond acceptors (Lipinski definition) is 3. The van der Waals surface area contributed by atoms with E-state index >= 15 is 0 Å². The first-order valence-electron chi connectivity index (χ1n) is 8.29. The summed E-state index contributed by atoms with van der Waals surface area (Å²) in [7, 11) is 1.48. The molecule has 7 nitrogen and oxygen atoms in total. The minimum Gasteiger partial charge on any atom is -0.335 e. The van der Waals surface area contributed by atoms with Crippen LogP contribution < -0.4 is 16.0 Å². The topological polar surface area (TPSA) is 90.5 Å². The van der Waals surface area contributed by atoms with Gasteiger partial charge in [-0.3, -0.25) is 9.59 Å². The smallest absolute Gasteiger partial charge is 0.315 e. The molecule has 2 aromatic rings. The minimum atomic E-state index is -0.457. The molecule has 0 bridgehead atoms. The molecular formula is C19H21ClN4O3. The normalized spacial score (nSPS) is 10.0. The molecule has 2 rings (SSSR count). The van der Waals surface area contributed by atoms with E-state index in [2.05, 4.69) is 16.0 Å². The molecule has 0 spiro atoms. The van der Waals surface area contributed by atoms with E-state index in [-0.39, 0.29) is 24.9 Å².